The van der Waals surface area contributed by atoms with E-state index < -0.39 is 0 Å². The van der Waals surface area contributed by atoms with Crippen LogP contribution in [0.4, 0.5) is 4.39 Å². The number of allylic oxidation sites excluding steroid dienone is 1. The van der Waals surface area contributed by atoms with Crippen LogP contribution in [-0.2, 0) is 6.42 Å². The molecule has 0 atom stereocenters. The zero-order chi connectivity index (χ0) is 22.2. The summed E-state index contributed by atoms with van der Waals surface area (Å²) in [6.45, 7) is 2.24. The minimum absolute atomic E-state index is 0.711. The van der Waals surface area contributed by atoms with E-state index in [0.717, 1.165) is 30.1 Å². The topological polar surface area (TPSA) is 0 Å². The number of hydrogen-bond acceptors (Lipinski definition) is 0. The van der Waals surface area contributed by atoms with Crippen molar-refractivity contribution in [2.75, 3.05) is 0 Å². The molecule has 0 nitrogen and oxygen atoms in total. The van der Waals surface area contributed by atoms with Crippen LogP contribution in [0.2, 0.25) is 0 Å². The molecule has 2 saturated carbocycles. The molecule has 0 aliphatic heterocycles. The van der Waals surface area contributed by atoms with E-state index in [4.69, 9.17) is 0 Å². The fourth-order valence-electron chi connectivity index (χ4n) is 6.37. The summed E-state index contributed by atoms with van der Waals surface area (Å²) in [6, 6.07) is 18.5. The second-order valence-corrected chi connectivity index (χ2v) is 10.4. The van der Waals surface area contributed by atoms with Gasteiger partial charge < -0.3 is 0 Å². The Kier molecular flexibility index (Phi) is 8.60. The number of rotatable bonds is 8. The minimum atomic E-state index is 0.711. The molecule has 0 heterocycles. The van der Waals surface area contributed by atoms with Crippen molar-refractivity contribution in [3.8, 4) is 11.1 Å². The molecule has 0 N–H and O–H groups in total. The molecule has 0 radical (unpaired) electrons. The fraction of sp³-hybridized carbons (Fsp3) is 0.548. The lowest BCUT2D eigenvalue weighted by Crippen LogP contribution is -2.25. The highest BCUT2D eigenvalue weighted by Gasteiger charge is 2.31. The molecule has 32 heavy (non-hydrogen) atoms. The van der Waals surface area contributed by atoms with E-state index in [2.05, 4.69) is 55.5 Å². The molecule has 0 saturated heterocycles. The summed E-state index contributed by atoms with van der Waals surface area (Å²) >= 11 is 0. The van der Waals surface area contributed by atoms with Gasteiger partial charge in [0.05, 0.1) is 6.33 Å². The summed E-state index contributed by atoms with van der Waals surface area (Å²) in [5.41, 5.74) is 5.65. The quantitative estimate of drug-likeness (QED) is 0.389. The second kappa shape index (κ2) is 11.8. The molecule has 2 aliphatic carbocycles. The molecule has 2 aromatic carbocycles. The molecular formula is C31H41F. The van der Waals surface area contributed by atoms with Gasteiger partial charge in [-0.05, 0) is 104 Å². The highest BCUT2D eigenvalue weighted by Crippen LogP contribution is 2.44. The van der Waals surface area contributed by atoms with Gasteiger partial charge in [0.1, 0.15) is 0 Å². The lowest BCUT2D eigenvalue weighted by atomic mass is 9.68. The van der Waals surface area contributed by atoms with Crippen LogP contribution < -0.4 is 0 Å². The molecule has 0 unspecified atom stereocenters. The van der Waals surface area contributed by atoms with Gasteiger partial charge in [-0.15, -0.1) is 0 Å². The first-order valence-electron chi connectivity index (χ1n) is 13.2. The monoisotopic (exact) mass is 432 g/mol. The molecule has 2 aliphatic rings. The number of benzene rings is 2. The van der Waals surface area contributed by atoms with Gasteiger partial charge in [0.25, 0.3) is 0 Å². The van der Waals surface area contributed by atoms with Crippen LogP contribution in [-0.4, -0.2) is 0 Å². The number of aryl methyl sites for hydroxylation is 1. The molecule has 172 valence electrons. The smallest absolute Gasteiger partial charge is 0.0827 e. The zero-order valence-corrected chi connectivity index (χ0v) is 19.9. The van der Waals surface area contributed by atoms with Crippen molar-refractivity contribution in [1.82, 2.24) is 0 Å². The molecule has 0 bridgehead atoms. The van der Waals surface area contributed by atoms with Crippen LogP contribution in [0, 0.1) is 17.8 Å². The van der Waals surface area contributed by atoms with Gasteiger partial charge >= 0.3 is 0 Å². The molecule has 0 amide bonds. The van der Waals surface area contributed by atoms with Gasteiger partial charge in [-0.3, -0.25) is 0 Å². The minimum Gasteiger partial charge on any atom is -0.216 e. The van der Waals surface area contributed by atoms with E-state index in [1.807, 2.05) is 0 Å². The Labute approximate surface area is 195 Å². The molecule has 4 rings (SSSR count). The van der Waals surface area contributed by atoms with Gasteiger partial charge in [0, 0.05) is 0 Å². The SMILES string of the molecule is CCCc1ccc(-c2ccc(C3CCC(C4CCC(CC/C=C/F)CC4)CC3)cc2)cc1. The number of hydrogen-bond donors (Lipinski definition) is 0. The van der Waals surface area contributed by atoms with Gasteiger partial charge in [-0.25, -0.2) is 4.39 Å². The largest absolute Gasteiger partial charge is 0.216 e. The Balaban J connectivity index is 1.25. The van der Waals surface area contributed by atoms with Crippen molar-refractivity contribution in [1.29, 1.82) is 0 Å². The van der Waals surface area contributed by atoms with E-state index in [1.165, 1.54) is 87.3 Å². The summed E-state index contributed by atoms with van der Waals surface area (Å²) in [5.74, 6) is 3.47. The maximum atomic E-state index is 12.2. The Morgan fingerprint density at radius 2 is 1.31 bits per heavy atom. The van der Waals surface area contributed by atoms with Gasteiger partial charge in [0.15, 0.2) is 0 Å². The number of halogens is 1. The summed E-state index contributed by atoms with van der Waals surface area (Å²) < 4.78 is 12.2. The van der Waals surface area contributed by atoms with Gasteiger partial charge in [-0.1, -0.05) is 80.8 Å². The van der Waals surface area contributed by atoms with Gasteiger partial charge in [-0.2, -0.15) is 0 Å². The average Bonchev–Trinajstić information content (AvgIpc) is 2.86. The molecule has 2 fully saturated rings. The van der Waals surface area contributed by atoms with Crippen LogP contribution in [0.15, 0.2) is 60.9 Å². The van der Waals surface area contributed by atoms with Crippen LogP contribution in [0.5, 0.6) is 0 Å². The Morgan fingerprint density at radius 3 is 1.88 bits per heavy atom. The van der Waals surface area contributed by atoms with E-state index in [9.17, 15) is 4.39 Å². The average molecular weight is 433 g/mol. The van der Waals surface area contributed by atoms with Crippen molar-refractivity contribution >= 4 is 0 Å². The third kappa shape index (κ3) is 6.12. The summed E-state index contributed by atoms with van der Waals surface area (Å²) in [7, 11) is 0. The fourth-order valence-corrected chi connectivity index (χ4v) is 6.37. The first-order chi connectivity index (χ1) is 15.8. The first kappa shape index (κ1) is 23.3. The third-order valence-electron chi connectivity index (χ3n) is 8.37. The molecule has 0 aromatic heterocycles. The highest BCUT2D eigenvalue weighted by atomic mass is 19.1. The van der Waals surface area contributed by atoms with E-state index >= 15 is 0 Å². The predicted octanol–water partition coefficient (Wildman–Crippen LogP) is 9.65. The predicted molar refractivity (Wildman–Crippen MR) is 136 cm³/mol. The van der Waals surface area contributed by atoms with Crippen LogP contribution >= 0.6 is 0 Å². The van der Waals surface area contributed by atoms with E-state index in [1.54, 1.807) is 11.6 Å². The summed E-state index contributed by atoms with van der Waals surface area (Å²) in [5, 5.41) is 0. The Morgan fingerprint density at radius 1 is 0.750 bits per heavy atom. The zero-order valence-electron chi connectivity index (χ0n) is 19.9. The van der Waals surface area contributed by atoms with Gasteiger partial charge in [0.2, 0.25) is 0 Å². The van der Waals surface area contributed by atoms with Crippen LogP contribution in [0.1, 0.15) is 94.6 Å². The van der Waals surface area contributed by atoms with Crippen molar-refractivity contribution < 1.29 is 4.39 Å². The van der Waals surface area contributed by atoms with Crippen LogP contribution in [0.3, 0.4) is 0 Å². The maximum absolute atomic E-state index is 12.2. The Bertz CT molecular complexity index is 816. The molecular weight excluding hydrogens is 391 g/mol. The summed E-state index contributed by atoms with van der Waals surface area (Å²) in [4.78, 5) is 0. The molecule has 1 heteroatoms. The highest BCUT2D eigenvalue weighted by molar-refractivity contribution is 5.64. The summed E-state index contributed by atoms with van der Waals surface area (Å²) in [6.07, 6.45) is 17.9. The van der Waals surface area contributed by atoms with E-state index in [0.29, 0.717) is 6.33 Å². The molecule has 0 spiro atoms. The molecule has 2 aromatic rings. The third-order valence-corrected chi connectivity index (χ3v) is 8.37. The van der Waals surface area contributed by atoms with Crippen LogP contribution in [0.25, 0.3) is 11.1 Å². The van der Waals surface area contributed by atoms with Crippen molar-refractivity contribution in [2.45, 2.75) is 89.9 Å². The lowest BCUT2D eigenvalue weighted by molar-refractivity contribution is 0.157. The lowest BCUT2D eigenvalue weighted by Gasteiger charge is -2.38. The van der Waals surface area contributed by atoms with Crippen molar-refractivity contribution in [2.24, 2.45) is 17.8 Å². The Hall–Kier alpha value is -1.89. The van der Waals surface area contributed by atoms with Crippen molar-refractivity contribution in [3.05, 3.63) is 72.1 Å². The first-order valence-corrected chi connectivity index (χ1v) is 13.2. The second-order valence-electron chi connectivity index (χ2n) is 10.4. The van der Waals surface area contributed by atoms with E-state index in [-0.39, 0.29) is 0 Å². The maximum Gasteiger partial charge on any atom is 0.0827 e. The van der Waals surface area contributed by atoms with Crippen molar-refractivity contribution in [3.63, 3.8) is 0 Å². The normalized spacial score (nSPS) is 26.4. The standard InChI is InChI=1S/C31H41F/c1-2-5-24-7-11-26(12-8-24)28-15-19-30(20-16-28)31-21-17-29(18-22-31)27-13-9-25(10-14-27)6-3-4-23-32/h4,7-8,11-12,15-16,19-20,23,25,27,29,31H,2-3,5-6,9-10,13-14,17-18,21-22H2,1H3/b23-4+.